The van der Waals surface area contributed by atoms with E-state index < -0.39 is 0 Å². The molecule has 1 aromatic carbocycles. The minimum absolute atomic E-state index is 0.571. The molecule has 0 heterocycles. The monoisotopic (exact) mass is 298 g/mol. The molecule has 13 heavy (non-hydrogen) atoms. The average molecular weight is 297 g/mol. The van der Waals surface area contributed by atoms with Crippen molar-refractivity contribution in [3.8, 4) is 0 Å². The molecule has 0 aromatic heterocycles. The first-order chi connectivity index (χ1) is 6.13. The summed E-state index contributed by atoms with van der Waals surface area (Å²) in [5.74, 6) is 0. The fraction of sp³-hybridized carbons (Fsp3) is 0.273. The van der Waals surface area contributed by atoms with Crippen molar-refractivity contribution in [2.45, 2.75) is 19.5 Å². The maximum absolute atomic E-state index is 2.95. The molecule has 0 aliphatic heterocycles. The predicted octanol–water partition coefficient (Wildman–Crippen LogP) is 1.40. The molecule has 0 N–H and O–H groups in total. The van der Waals surface area contributed by atoms with Gasteiger partial charge in [-0.2, -0.15) is 0 Å². The van der Waals surface area contributed by atoms with Crippen LogP contribution in [0.2, 0.25) is 0 Å². The fourth-order valence-corrected chi connectivity index (χ4v) is 5.10. The molecule has 2 heteroatoms. The number of allylic oxidation sites excluding steroid dienone is 2. The van der Waals surface area contributed by atoms with E-state index in [2.05, 4.69) is 41.3 Å². The molecule has 2 unspecified atom stereocenters. The second kappa shape index (κ2) is 3.40. The van der Waals surface area contributed by atoms with Crippen LogP contribution in [0.3, 0.4) is 0 Å². The Morgan fingerprint density at radius 1 is 1.31 bits per heavy atom. The second-order valence-corrected chi connectivity index (χ2v) is 7.57. The summed E-state index contributed by atoms with van der Waals surface area (Å²) in [7, 11) is 2.95. The van der Waals surface area contributed by atoms with Crippen molar-refractivity contribution >= 4 is 40.9 Å². The molecule has 68 valence electrons. The van der Waals surface area contributed by atoms with Crippen LogP contribution in [0.4, 0.5) is 0 Å². The van der Waals surface area contributed by atoms with Crippen molar-refractivity contribution in [2.24, 2.45) is 0 Å². The number of hydrogen-bond acceptors (Lipinski definition) is 0. The van der Waals surface area contributed by atoms with Gasteiger partial charge in [0.15, 0.2) is 0 Å². The Labute approximate surface area is 95.1 Å². The Morgan fingerprint density at radius 3 is 2.62 bits per heavy atom. The molecule has 2 atom stereocenters. The minimum atomic E-state index is 0.571. The molecule has 1 aliphatic rings. The molecule has 1 aromatic rings. The van der Waals surface area contributed by atoms with Crippen molar-refractivity contribution in [1.29, 1.82) is 0 Å². The summed E-state index contributed by atoms with van der Waals surface area (Å²) in [6.07, 6.45) is 0. The predicted molar refractivity (Wildman–Crippen MR) is 66.7 cm³/mol. The van der Waals surface area contributed by atoms with E-state index in [4.69, 9.17) is 0 Å². The van der Waals surface area contributed by atoms with Crippen LogP contribution in [0.5, 0.6) is 0 Å². The van der Waals surface area contributed by atoms with Gasteiger partial charge in [-0.3, -0.25) is 0 Å². The van der Waals surface area contributed by atoms with Crippen LogP contribution in [0.1, 0.15) is 30.6 Å². The standard InChI is InChI=1S/C11H12P.Sn.3H/c1-7-8(2)11(12)10-6-4-3-5-9(7)10;;;;/h3-4,6,11H,12H2,1-2H3;;;;. The summed E-state index contributed by atoms with van der Waals surface area (Å²) in [6, 6.07) is 6.76. The van der Waals surface area contributed by atoms with Crippen molar-refractivity contribution in [2.75, 3.05) is 0 Å². The van der Waals surface area contributed by atoms with Gasteiger partial charge in [0.2, 0.25) is 0 Å². The topological polar surface area (TPSA) is 0 Å². The van der Waals surface area contributed by atoms with Crippen LogP contribution in [-0.2, 0) is 0 Å². The number of hydrogen-bond donors (Lipinski definition) is 0. The Morgan fingerprint density at radius 2 is 2.00 bits per heavy atom. The van der Waals surface area contributed by atoms with Gasteiger partial charge in [0.1, 0.15) is 0 Å². The summed E-state index contributed by atoms with van der Waals surface area (Å²) < 4.78 is 1.61. The second-order valence-electron chi connectivity index (χ2n) is 3.82. The summed E-state index contributed by atoms with van der Waals surface area (Å²) in [6.45, 7) is 4.51. The van der Waals surface area contributed by atoms with Crippen LogP contribution < -0.4 is 3.58 Å². The van der Waals surface area contributed by atoms with Gasteiger partial charge >= 0.3 is 95.3 Å². The third-order valence-electron chi connectivity index (χ3n) is 3.07. The zero-order valence-corrected chi connectivity index (χ0v) is 15.2. The van der Waals surface area contributed by atoms with E-state index in [1.807, 2.05) is 0 Å². The molecule has 2 rings (SSSR count). The van der Waals surface area contributed by atoms with E-state index in [1.54, 1.807) is 9.14 Å². The normalized spacial score (nSPS) is 21.0. The third kappa shape index (κ3) is 1.39. The SMILES string of the molecule is CC1=C(C)C(P)c2ccc[c]([SnH3])c21. The van der Waals surface area contributed by atoms with Gasteiger partial charge in [0.05, 0.1) is 0 Å². The molecule has 0 saturated heterocycles. The summed E-state index contributed by atoms with van der Waals surface area (Å²) >= 11 is 0.618. The van der Waals surface area contributed by atoms with Gasteiger partial charge in [-0.05, 0) is 0 Å². The molecule has 1 aliphatic carbocycles. The van der Waals surface area contributed by atoms with Crippen molar-refractivity contribution in [3.63, 3.8) is 0 Å². The molecule has 0 nitrogen and oxygen atoms in total. The van der Waals surface area contributed by atoms with E-state index in [0.717, 1.165) is 0 Å². The Hall–Kier alpha value is 0.189. The maximum atomic E-state index is 2.95. The third-order valence-corrected chi connectivity index (χ3v) is 6.31. The summed E-state index contributed by atoms with van der Waals surface area (Å²) in [4.78, 5) is 0. The Balaban J connectivity index is 2.72. The molecule has 0 saturated carbocycles. The van der Waals surface area contributed by atoms with Gasteiger partial charge in [0.25, 0.3) is 0 Å². The van der Waals surface area contributed by atoms with Crippen LogP contribution in [0.25, 0.3) is 5.57 Å². The molecular formula is C11H15PSn. The first-order valence-electron chi connectivity index (χ1n) is 4.65. The first-order valence-corrected chi connectivity index (χ1v) is 8.18. The molecule has 0 bridgehead atoms. The molecule has 0 spiro atoms. The quantitative estimate of drug-likeness (QED) is 0.501. The van der Waals surface area contributed by atoms with E-state index in [0.29, 0.717) is 28.2 Å². The Bertz CT molecular complexity index is 393. The first kappa shape index (κ1) is 9.73. The number of rotatable bonds is 0. The van der Waals surface area contributed by atoms with Gasteiger partial charge < -0.3 is 0 Å². The Kier molecular flexibility index (Phi) is 2.54. The molecule has 0 fully saturated rings. The number of benzene rings is 1. The van der Waals surface area contributed by atoms with Crippen LogP contribution in [0.15, 0.2) is 23.8 Å². The molecule has 0 amide bonds. The van der Waals surface area contributed by atoms with Crippen molar-refractivity contribution in [3.05, 3.63) is 34.9 Å². The fourth-order valence-electron chi connectivity index (χ4n) is 2.13. The average Bonchev–Trinajstić information content (AvgIpc) is 2.33. The van der Waals surface area contributed by atoms with E-state index in [1.165, 1.54) is 16.7 Å². The van der Waals surface area contributed by atoms with Gasteiger partial charge in [-0.15, -0.1) is 0 Å². The number of fused-ring (bicyclic) bond motifs is 1. The van der Waals surface area contributed by atoms with E-state index in [9.17, 15) is 0 Å². The van der Waals surface area contributed by atoms with Crippen molar-refractivity contribution < 1.29 is 0 Å². The van der Waals surface area contributed by atoms with Gasteiger partial charge in [-0.25, -0.2) is 0 Å². The molecule has 0 radical (unpaired) electrons. The van der Waals surface area contributed by atoms with E-state index >= 15 is 0 Å². The summed E-state index contributed by atoms with van der Waals surface area (Å²) in [5, 5.41) is 0. The molecular weight excluding hydrogens is 282 g/mol. The van der Waals surface area contributed by atoms with Crippen molar-refractivity contribution in [1.82, 2.24) is 0 Å². The summed E-state index contributed by atoms with van der Waals surface area (Å²) in [5.41, 5.74) is 6.71. The van der Waals surface area contributed by atoms with Crippen LogP contribution in [0, 0.1) is 0 Å². The zero-order chi connectivity index (χ0) is 9.59. The zero-order valence-electron chi connectivity index (χ0n) is 8.39. The van der Waals surface area contributed by atoms with Crippen LogP contribution in [-0.4, -0.2) is 22.5 Å². The van der Waals surface area contributed by atoms with Gasteiger partial charge in [0, 0.05) is 0 Å². The van der Waals surface area contributed by atoms with Gasteiger partial charge in [-0.1, -0.05) is 0 Å². The van der Waals surface area contributed by atoms with E-state index in [-0.39, 0.29) is 0 Å². The van der Waals surface area contributed by atoms with Crippen LogP contribution >= 0.6 is 9.24 Å².